The number of methoxy groups -OCH3 is 1. The molecule has 0 radical (unpaired) electrons. The van der Waals surface area contributed by atoms with E-state index >= 15 is 0 Å². The summed E-state index contributed by atoms with van der Waals surface area (Å²) in [7, 11) is 3.66. The Morgan fingerprint density at radius 2 is 2.11 bits per heavy atom. The van der Waals surface area contributed by atoms with Gasteiger partial charge in [0.2, 0.25) is 0 Å². The molecule has 2 heterocycles. The van der Waals surface area contributed by atoms with Gasteiger partial charge in [0.05, 0.1) is 6.61 Å². The quantitative estimate of drug-likeness (QED) is 0.876. The predicted molar refractivity (Wildman–Crippen MR) is 76.6 cm³/mol. The molecule has 1 aliphatic heterocycles. The molecule has 0 amide bonds. The number of aromatic nitrogens is 2. The number of likely N-dealkylation sites (tertiary alicyclic amines) is 1. The Kier molecular flexibility index (Phi) is 5.10. The van der Waals surface area contributed by atoms with Crippen LogP contribution < -0.4 is 5.32 Å². The predicted octanol–water partition coefficient (Wildman–Crippen LogP) is 1.65. The zero-order chi connectivity index (χ0) is 13.7. The fraction of sp³-hybridized carbons (Fsp3) is 0.714. The molecule has 5 nitrogen and oxygen atoms in total. The molecule has 0 aromatic carbocycles. The molecule has 0 aliphatic carbocycles. The Morgan fingerprint density at radius 3 is 2.74 bits per heavy atom. The van der Waals surface area contributed by atoms with Gasteiger partial charge in [0, 0.05) is 38.4 Å². The van der Waals surface area contributed by atoms with Crippen molar-refractivity contribution in [1.29, 1.82) is 0 Å². The Balaban J connectivity index is 1.95. The monoisotopic (exact) mass is 264 g/mol. The second-order valence-electron chi connectivity index (χ2n) is 5.08. The number of rotatable bonds is 5. The summed E-state index contributed by atoms with van der Waals surface area (Å²) in [4.78, 5) is 11.4. The van der Waals surface area contributed by atoms with Gasteiger partial charge in [-0.3, -0.25) is 0 Å². The zero-order valence-corrected chi connectivity index (χ0v) is 12.1. The molecule has 0 saturated carbocycles. The Labute approximate surface area is 115 Å². The smallest absolute Gasteiger partial charge is 0.129 e. The summed E-state index contributed by atoms with van der Waals surface area (Å²) in [6.07, 6.45) is 2.34. The molecule has 106 valence electrons. The number of nitrogens with zero attached hydrogens (tertiary/aromatic N) is 3. The van der Waals surface area contributed by atoms with Crippen molar-refractivity contribution >= 4 is 5.82 Å². The first kappa shape index (κ1) is 14.2. The first-order valence-electron chi connectivity index (χ1n) is 6.97. The molecule has 1 saturated heterocycles. The van der Waals surface area contributed by atoms with Crippen molar-refractivity contribution in [3.05, 3.63) is 17.6 Å². The van der Waals surface area contributed by atoms with Gasteiger partial charge in [0.25, 0.3) is 0 Å². The van der Waals surface area contributed by atoms with E-state index in [0.29, 0.717) is 5.92 Å². The molecule has 0 spiro atoms. The van der Waals surface area contributed by atoms with E-state index in [1.165, 1.54) is 18.5 Å². The number of piperidine rings is 1. The number of nitrogens with one attached hydrogen (secondary N) is 1. The van der Waals surface area contributed by atoms with Crippen molar-refractivity contribution in [3.63, 3.8) is 0 Å². The first-order chi connectivity index (χ1) is 9.22. The van der Waals surface area contributed by atoms with Gasteiger partial charge in [-0.05, 0) is 32.9 Å². The van der Waals surface area contributed by atoms with Crippen LogP contribution >= 0.6 is 0 Å². The SMILES string of the molecule is CNc1cc(C2CCN(CCOC)CC2)nc(C)n1. The average molecular weight is 264 g/mol. The maximum absolute atomic E-state index is 5.13. The highest BCUT2D eigenvalue weighted by atomic mass is 16.5. The van der Waals surface area contributed by atoms with Crippen molar-refractivity contribution in [2.45, 2.75) is 25.7 Å². The summed E-state index contributed by atoms with van der Waals surface area (Å²) in [6, 6.07) is 2.09. The molecule has 1 fully saturated rings. The molecule has 0 bridgehead atoms. The summed E-state index contributed by atoms with van der Waals surface area (Å²) in [6.45, 7) is 6.07. The molecular weight excluding hydrogens is 240 g/mol. The average Bonchev–Trinajstić information content (AvgIpc) is 2.45. The highest BCUT2D eigenvalue weighted by molar-refractivity contribution is 5.36. The lowest BCUT2D eigenvalue weighted by Gasteiger charge is -2.31. The third-order valence-corrected chi connectivity index (χ3v) is 3.73. The number of hydrogen-bond donors (Lipinski definition) is 1. The highest BCUT2D eigenvalue weighted by Gasteiger charge is 2.22. The van der Waals surface area contributed by atoms with Crippen LogP contribution in [0.4, 0.5) is 5.82 Å². The van der Waals surface area contributed by atoms with Crippen molar-refractivity contribution in [2.24, 2.45) is 0 Å². The van der Waals surface area contributed by atoms with Crippen LogP contribution in [0.5, 0.6) is 0 Å². The van der Waals surface area contributed by atoms with E-state index in [0.717, 1.165) is 37.9 Å². The van der Waals surface area contributed by atoms with Crippen LogP contribution in [0.3, 0.4) is 0 Å². The Bertz CT molecular complexity index is 402. The maximum atomic E-state index is 5.13. The van der Waals surface area contributed by atoms with Crippen LogP contribution in [-0.2, 0) is 4.74 Å². The standard InChI is InChI=1S/C14H24N4O/c1-11-16-13(10-14(15-2)17-11)12-4-6-18(7-5-12)8-9-19-3/h10,12H,4-9H2,1-3H3,(H,15,16,17). The number of ether oxygens (including phenoxy) is 1. The van der Waals surface area contributed by atoms with E-state index in [2.05, 4.69) is 26.3 Å². The van der Waals surface area contributed by atoms with Gasteiger partial charge in [-0.2, -0.15) is 0 Å². The molecule has 1 N–H and O–H groups in total. The lowest BCUT2D eigenvalue weighted by molar-refractivity contribution is 0.130. The molecule has 19 heavy (non-hydrogen) atoms. The first-order valence-corrected chi connectivity index (χ1v) is 6.97. The molecule has 1 aliphatic rings. The fourth-order valence-electron chi connectivity index (χ4n) is 2.60. The molecule has 1 aromatic rings. The summed E-state index contributed by atoms with van der Waals surface area (Å²) < 4.78 is 5.13. The third-order valence-electron chi connectivity index (χ3n) is 3.73. The van der Waals surface area contributed by atoms with Gasteiger partial charge < -0.3 is 15.0 Å². The molecule has 0 atom stereocenters. The molecule has 0 unspecified atom stereocenters. The van der Waals surface area contributed by atoms with Gasteiger partial charge in [0.15, 0.2) is 0 Å². The van der Waals surface area contributed by atoms with Gasteiger partial charge in [-0.25, -0.2) is 9.97 Å². The van der Waals surface area contributed by atoms with E-state index in [-0.39, 0.29) is 0 Å². The van der Waals surface area contributed by atoms with Crippen molar-refractivity contribution in [3.8, 4) is 0 Å². The van der Waals surface area contributed by atoms with Gasteiger partial charge >= 0.3 is 0 Å². The molecular formula is C14H24N4O. The van der Waals surface area contributed by atoms with E-state index in [4.69, 9.17) is 4.74 Å². The topological polar surface area (TPSA) is 50.3 Å². The van der Waals surface area contributed by atoms with Crippen molar-refractivity contribution in [1.82, 2.24) is 14.9 Å². The van der Waals surface area contributed by atoms with Crippen LogP contribution in [0.25, 0.3) is 0 Å². The lowest BCUT2D eigenvalue weighted by Crippen LogP contribution is -2.35. The van der Waals surface area contributed by atoms with E-state index < -0.39 is 0 Å². The molecule has 1 aromatic heterocycles. The fourth-order valence-corrected chi connectivity index (χ4v) is 2.60. The second kappa shape index (κ2) is 6.82. The number of aryl methyl sites for hydroxylation is 1. The van der Waals surface area contributed by atoms with Crippen LogP contribution in [0.2, 0.25) is 0 Å². The lowest BCUT2D eigenvalue weighted by atomic mass is 9.93. The second-order valence-corrected chi connectivity index (χ2v) is 5.08. The van der Waals surface area contributed by atoms with Crippen LogP contribution in [0.1, 0.15) is 30.3 Å². The summed E-state index contributed by atoms with van der Waals surface area (Å²) in [5, 5.41) is 3.11. The minimum atomic E-state index is 0.563. The summed E-state index contributed by atoms with van der Waals surface area (Å²) in [5.74, 6) is 2.33. The van der Waals surface area contributed by atoms with E-state index in [1.807, 2.05) is 14.0 Å². The van der Waals surface area contributed by atoms with Crippen LogP contribution in [-0.4, -0.2) is 55.3 Å². The van der Waals surface area contributed by atoms with E-state index in [9.17, 15) is 0 Å². The largest absolute Gasteiger partial charge is 0.383 e. The maximum Gasteiger partial charge on any atom is 0.129 e. The number of hydrogen-bond acceptors (Lipinski definition) is 5. The third kappa shape index (κ3) is 3.88. The van der Waals surface area contributed by atoms with Crippen LogP contribution in [0.15, 0.2) is 6.07 Å². The minimum Gasteiger partial charge on any atom is -0.383 e. The highest BCUT2D eigenvalue weighted by Crippen LogP contribution is 2.27. The minimum absolute atomic E-state index is 0.563. The number of anilines is 1. The van der Waals surface area contributed by atoms with Crippen molar-refractivity contribution in [2.75, 3.05) is 45.7 Å². The van der Waals surface area contributed by atoms with Gasteiger partial charge in [0.1, 0.15) is 11.6 Å². The molecule has 5 heteroatoms. The van der Waals surface area contributed by atoms with Gasteiger partial charge in [-0.15, -0.1) is 0 Å². The molecule has 2 rings (SSSR count). The van der Waals surface area contributed by atoms with Crippen LogP contribution in [0, 0.1) is 6.92 Å². The normalized spacial score (nSPS) is 17.6. The Morgan fingerprint density at radius 1 is 1.37 bits per heavy atom. The van der Waals surface area contributed by atoms with E-state index in [1.54, 1.807) is 7.11 Å². The summed E-state index contributed by atoms with van der Waals surface area (Å²) >= 11 is 0. The van der Waals surface area contributed by atoms with Crippen molar-refractivity contribution < 1.29 is 4.74 Å². The summed E-state index contributed by atoms with van der Waals surface area (Å²) in [5.41, 5.74) is 1.18. The van der Waals surface area contributed by atoms with Gasteiger partial charge in [-0.1, -0.05) is 0 Å². The zero-order valence-electron chi connectivity index (χ0n) is 12.1. The Hall–Kier alpha value is -1.20.